The fourth-order valence-electron chi connectivity index (χ4n) is 1.86. The molecule has 0 amide bonds. The van der Waals surface area contributed by atoms with Crippen molar-refractivity contribution in [2.45, 2.75) is 31.6 Å². The molecule has 0 bridgehead atoms. The number of nitrogens with zero attached hydrogens (tertiary/aromatic N) is 1. The lowest BCUT2D eigenvalue weighted by atomic mass is 10.1. The highest BCUT2D eigenvalue weighted by Gasteiger charge is 2.17. The molecular weight excluding hydrogens is 260 g/mol. The molecule has 0 aliphatic carbocycles. The zero-order valence-electron chi connectivity index (χ0n) is 12.2. The van der Waals surface area contributed by atoms with E-state index in [2.05, 4.69) is 19.2 Å². The summed E-state index contributed by atoms with van der Waals surface area (Å²) >= 11 is 0. The maximum Gasteiger partial charge on any atom is 0.242 e. The summed E-state index contributed by atoms with van der Waals surface area (Å²) in [6.07, 6.45) is 2.33. The Morgan fingerprint density at radius 2 is 2.00 bits per heavy atom. The number of anilines is 1. The van der Waals surface area contributed by atoms with Crippen LogP contribution in [0.15, 0.2) is 29.2 Å². The fourth-order valence-corrected chi connectivity index (χ4v) is 2.81. The monoisotopic (exact) mass is 284 g/mol. The first-order valence-corrected chi connectivity index (χ1v) is 8.08. The van der Waals surface area contributed by atoms with Crippen molar-refractivity contribution < 1.29 is 8.42 Å². The Labute approximate surface area is 116 Å². The van der Waals surface area contributed by atoms with Crippen molar-refractivity contribution in [1.29, 1.82) is 0 Å². The Bertz CT molecular complexity index is 498. The van der Waals surface area contributed by atoms with Gasteiger partial charge in [-0.25, -0.2) is 12.7 Å². The number of benzene rings is 1. The first-order valence-electron chi connectivity index (χ1n) is 6.64. The highest BCUT2D eigenvalue weighted by Crippen LogP contribution is 2.18. The lowest BCUT2D eigenvalue weighted by Crippen LogP contribution is -2.22. The number of hydrogen-bond acceptors (Lipinski definition) is 3. The summed E-state index contributed by atoms with van der Waals surface area (Å²) in [7, 11) is -0.274. The van der Waals surface area contributed by atoms with Crippen LogP contribution in [0.5, 0.6) is 0 Å². The smallest absolute Gasteiger partial charge is 0.242 e. The van der Waals surface area contributed by atoms with E-state index in [-0.39, 0.29) is 0 Å². The summed E-state index contributed by atoms with van der Waals surface area (Å²) in [6, 6.07) is 6.97. The summed E-state index contributed by atoms with van der Waals surface area (Å²) in [5.74, 6) is 0.583. The number of sulfonamides is 1. The van der Waals surface area contributed by atoms with Gasteiger partial charge in [-0.3, -0.25) is 0 Å². The molecule has 1 aromatic rings. The van der Waals surface area contributed by atoms with Crippen LogP contribution in [0.3, 0.4) is 0 Å². The van der Waals surface area contributed by atoms with Crippen LogP contribution in [0, 0.1) is 5.92 Å². The molecule has 0 saturated carbocycles. The van der Waals surface area contributed by atoms with Crippen LogP contribution in [0.2, 0.25) is 0 Å². The molecule has 0 spiro atoms. The molecule has 0 saturated heterocycles. The molecule has 1 atom stereocenters. The third kappa shape index (κ3) is 4.51. The average Bonchev–Trinajstić information content (AvgIpc) is 2.37. The molecule has 0 aromatic heterocycles. The van der Waals surface area contributed by atoms with Gasteiger partial charge in [0.05, 0.1) is 4.90 Å². The van der Waals surface area contributed by atoms with Crippen LogP contribution in [-0.2, 0) is 10.0 Å². The van der Waals surface area contributed by atoms with Gasteiger partial charge >= 0.3 is 0 Å². The van der Waals surface area contributed by atoms with Crippen molar-refractivity contribution in [3.05, 3.63) is 24.3 Å². The van der Waals surface area contributed by atoms with Gasteiger partial charge in [0.15, 0.2) is 0 Å². The lowest BCUT2D eigenvalue weighted by molar-refractivity contribution is 0.520. The Hall–Kier alpha value is -1.07. The first-order chi connectivity index (χ1) is 8.87. The molecule has 0 radical (unpaired) electrons. The van der Waals surface area contributed by atoms with Crippen molar-refractivity contribution in [2.75, 3.05) is 26.0 Å². The Kier molecular flexibility index (Phi) is 5.82. The second kappa shape index (κ2) is 6.91. The van der Waals surface area contributed by atoms with Gasteiger partial charge in [-0.1, -0.05) is 26.3 Å². The zero-order chi connectivity index (χ0) is 14.5. The molecule has 4 nitrogen and oxygen atoms in total. The molecule has 1 N–H and O–H groups in total. The van der Waals surface area contributed by atoms with Gasteiger partial charge in [-0.15, -0.1) is 0 Å². The summed E-state index contributed by atoms with van der Waals surface area (Å²) in [5.41, 5.74) is 0.853. The van der Waals surface area contributed by atoms with Gasteiger partial charge in [-0.2, -0.15) is 0 Å². The molecule has 1 rings (SSSR count). The van der Waals surface area contributed by atoms with Gasteiger partial charge in [0, 0.05) is 26.3 Å². The molecule has 1 unspecified atom stereocenters. The van der Waals surface area contributed by atoms with E-state index >= 15 is 0 Å². The van der Waals surface area contributed by atoms with Crippen LogP contribution >= 0.6 is 0 Å². The maximum absolute atomic E-state index is 12.0. The highest BCUT2D eigenvalue weighted by atomic mass is 32.2. The number of nitrogens with one attached hydrogen (secondary N) is 1. The summed E-state index contributed by atoms with van der Waals surface area (Å²) in [6.45, 7) is 5.22. The lowest BCUT2D eigenvalue weighted by Gasteiger charge is -2.15. The van der Waals surface area contributed by atoms with Crippen LogP contribution < -0.4 is 5.32 Å². The predicted molar refractivity (Wildman–Crippen MR) is 79.9 cm³/mol. The minimum Gasteiger partial charge on any atom is -0.385 e. The fraction of sp³-hybridized carbons (Fsp3) is 0.571. The minimum atomic E-state index is -3.35. The van der Waals surface area contributed by atoms with Gasteiger partial charge in [0.25, 0.3) is 0 Å². The van der Waals surface area contributed by atoms with E-state index in [4.69, 9.17) is 0 Å². The normalized spacial score (nSPS) is 13.5. The first kappa shape index (κ1) is 16.0. The third-order valence-electron chi connectivity index (χ3n) is 3.05. The van der Waals surface area contributed by atoms with Crippen LogP contribution in [0.25, 0.3) is 0 Å². The molecule has 0 heterocycles. The molecule has 0 fully saturated rings. The maximum atomic E-state index is 12.0. The van der Waals surface area contributed by atoms with E-state index in [1.807, 2.05) is 6.07 Å². The molecule has 1 aromatic carbocycles. The van der Waals surface area contributed by atoms with Crippen LogP contribution in [0.4, 0.5) is 5.69 Å². The van der Waals surface area contributed by atoms with Gasteiger partial charge < -0.3 is 5.32 Å². The Morgan fingerprint density at radius 3 is 2.58 bits per heavy atom. The molecular formula is C14H24N2O2S. The molecule has 0 aliphatic heterocycles. The second-order valence-corrected chi connectivity index (χ2v) is 7.24. The summed E-state index contributed by atoms with van der Waals surface area (Å²) in [4.78, 5) is 0.325. The SMILES string of the molecule is CCCC(C)CNc1cccc(S(=O)(=O)N(C)C)c1. The summed E-state index contributed by atoms with van der Waals surface area (Å²) < 4.78 is 25.3. The van der Waals surface area contributed by atoms with E-state index in [0.717, 1.165) is 18.7 Å². The highest BCUT2D eigenvalue weighted by molar-refractivity contribution is 7.89. The second-order valence-electron chi connectivity index (χ2n) is 5.09. The number of rotatable bonds is 7. The van der Waals surface area contributed by atoms with E-state index < -0.39 is 10.0 Å². The van der Waals surface area contributed by atoms with E-state index in [1.54, 1.807) is 32.3 Å². The van der Waals surface area contributed by atoms with E-state index in [1.165, 1.54) is 10.7 Å². The van der Waals surface area contributed by atoms with Crippen LogP contribution in [-0.4, -0.2) is 33.4 Å². The van der Waals surface area contributed by atoms with Crippen molar-refractivity contribution in [1.82, 2.24) is 4.31 Å². The van der Waals surface area contributed by atoms with Gasteiger partial charge in [0.2, 0.25) is 10.0 Å². The quantitative estimate of drug-likeness (QED) is 0.837. The number of hydrogen-bond donors (Lipinski definition) is 1. The minimum absolute atomic E-state index is 0.325. The standard InChI is InChI=1S/C14H24N2O2S/c1-5-7-12(2)11-15-13-8-6-9-14(10-13)19(17,18)16(3)4/h6,8-10,12,15H,5,7,11H2,1-4H3. The Balaban J connectivity index is 2.78. The molecule has 5 heteroatoms. The van der Waals surface area contributed by atoms with Crippen LogP contribution in [0.1, 0.15) is 26.7 Å². The van der Waals surface area contributed by atoms with E-state index in [0.29, 0.717) is 10.8 Å². The molecule has 108 valence electrons. The molecule has 0 aliphatic rings. The van der Waals surface area contributed by atoms with Crippen molar-refractivity contribution in [2.24, 2.45) is 5.92 Å². The van der Waals surface area contributed by atoms with Gasteiger partial charge in [0.1, 0.15) is 0 Å². The molecule has 19 heavy (non-hydrogen) atoms. The average molecular weight is 284 g/mol. The van der Waals surface area contributed by atoms with E-state index in [9.17, 15) is 8.42 Å². The zero-order valence-corrected chi connectivity index (χ0v) is 13.0. The topological polar surface area (TPSA) is 49.4 Å². The van der Waals surface area contributed by atoms with Crippen molar-refractivity contribution >= 4 is 15.7 Å². The van der Waals surface area contributed by atoms with Gasteiger partial charge in [-0.05, 0) is 30.5 Å². The third-order valence-corrected chi connectivity index (χ3v) is 4.86. The van der Waals surface area contributed by atoms with Crippen molar-refractivity contribution in [3.8, 4) is 0 Å². The summed E-state index contributed by atoms with van der Waals surface area (Å²) in [5, 5.41) is 3.30. The van der Waals surface area contributed by atoms with Crippen molar-refractivity contribution in [3.63, 3.8) is 0 Å². The predicted octanol–water partition coefficient (Wildman–Crippen LogP) is 2.79. The Morgan fingerprint density at radius 1 is 1.32 bits per heavy atom. The largest absolute Gasteiger partial charge is 0.385 e.